The number of hydrogen-bond acceptors (Lipinski definition) is 1. The molecule has 2 aromatic carbocycles. The van der Waals surface area contributed by atoms with Crippen molar-refractivity contribution in [3.63, 3.8) is 0 Å². The van der Waals surface area contributed by atoms with Gasteiger partial charge < -0.3 is 5.11 Å². The van der Waals surface area contributed by atoms with E-state index in [1.807, 2.05) is 0 Å². The fourth-order valence-electron chi connectivity index (χ4n) is 1.58. The Balaban J connectivity index is 0.000000437. The molecule has 0 aliphatic heterocycles. The van der Waals surface area contributed by atoms with Gasteiger partial charge in [0.1, 0.15) is 0 Å². The summed E-state index contributed by atoms with van der Waals surface area (Å²) in [6.45, 7) is 1.93. The van der Waals surface area contributed by atoms with Gasteiger partial charge in [-0.1, -0.05) is 60.7 Å². The first-order valence-electron chi connectivity index (χ1n) is 6.05. The van der Waals surface area contributed by atoms with Crippen LogP contribution in [-0.2, 0) is 12.8 Å². The van der Waals surface area contributed by atoms with Gasteiger partial charge in [-0.05, 0) is 30.9 Å². The molecule has 0 aromatic heterocycles. The molecule has 1 heteroatoms. The molecule has 0 aliphatic rings. The van der Waals surface area contributed by atoms with Gasteiger partial charge in [0.25, 0.3) is 0 Å². The first-order valence-corrected chi connectivity index (χ1v) is 6.05. The maximum atomic E-state index is 7.57. The summed E-state index contributed by atoms with van der Waals surface area (Å²) >= 11 is 0. The predicted octanol–water partition coefficient (Wildman–Crippen LogP) is 3.47. The largest absolute Gasteiger partial charge is 0.397 e. The molecule has 0 saturated heterocycles. The summed E-state index contributed by atoms with van der Waals surface area (Å²) in [5, 5.41) is 7.57. The summed E-state index contributed by atoms with van der Waals surface area (Å²) in [4.78, 5) is 0. The first-order chi connectivity index (χ1) is 8.36. The topological polar surface area (TPSA) is 20.2 Å². The van der Waals surface area contributed by atoms with E-state index in [0.29, 0.717) is 0 Å². The number of aryl methyl sites for hydroxylation is 2. The molecule has 0 bridgehead atoms. The minimum atomic E-state index is 0.250. The Morgan fingerprint density at radius 2 is 1.00 bits per heavy atom. The van der Waals surface area contributed by atoms with Crippen molar-refractivity contribution in [1.82, 2.24) is 0 Å². The van der Waals surface area contributed by atoms with Crippen molar-refractivity contribution in [1.29, 1.82) is 0 Å². The third-order valence-corrected chi connectivity index (χ3v) is 2.39. The van der Waals surface area contributed by atoms with Crippen molar-refractivity contribution in [2.75, 3.05) is 6.61 Å². The zero-order valence-electron chi connectivity index (χ0n) is 10.3. The normalized spacial score (nSPS) is 9.29. The molecule has 1 nitrogen and oxygen atoms in total. The van der Waals surface area contributed by atoms with Crippen molar-refractivity contribution in [2.45, 2.75) is 19.8 Å². The molecule has 2 aromatic rings. The molecule has 0 amide bonds. The van der Waals surface area contributed by atoms with Crippen LogP contribution < -0.4 is 0 Å². The summed E-state index contributed by atoms with van der Waals surface area (Å²) in [5.41, 5.74) is 2.83. The van der Waals surface area contributed by atoms with E-state index in [1.54, 1.807) is 6.92 Å². The third-order valence-electron chi connectivity index (χ3n) is 2.39. The average Bonchev–Trinajstić information content (AvgIpc) is 2.40. The van der Waals surface area contributed by atoms with Gasteiger partial charge in [0.2, 0.25) is 0 Å². The Labute approximate surface area is 104 Å². The van der Waals surface area contributed by atoms with Crippen LogP contribution in [0.15, 0.2) is 60.7 Å². The van der Waals surface area contributed by atoms with E-state index in [-0.39, 0.29) is 6.61 Å². The summed E-state index contributed by atoms with van der Waals surface area (Å²) in [7, 11) is 0. The second kappa shape index (κ2) is 8.54. The first kappa shape index (κ1) is 13.5. The molecular formula is C16H20O. The molecule has 0 radical (unpaired) electrons. The van der Waals surface area contributed by atoms with Crippen LogP contribution in [0.4, 0.5) is 0 Å². The van der Waals surface area contributed by atoms with E-state index in [1.165, 1.54) is 11.1 Å². The molecule has 1 N–H and O–H groups in total. The third kappa shape index (κ3) is 5.88. The molecule has 90 valence electrons. The lowest BCUT2D eigenvalue weighted by Crippen LogP contribution is -1.89. The highest BCUT2D eigenvalue weighted by atomic mass is 16.2. The molecule has 0 heterocycles. The lowest BCUT2D eigenvalue weighted by molar-refractivity contribution is 0.318. The van der Waals surface area contributed by atoms with E-state index in [9.17, 15) is 0 Å². The van der Waals surface area contributed by atoms with Gasteiger partial charge >= 0.3 is 0 Å². The Morgan fingerprint density at radius 3 is 1.29 bits per heavy atom. The lowest BCUT2D eigenvalue weighted by Gasteiger charge is -2.01. The van der Waals surface area contributed by atoms with Crippen LogP contribution in [0.3, 0.4) is 0 Å². The van der Waals surface area contributed by atoms with Gasteiger partial charge in [0.05, 0.1) is 0 Å². The Morgan fingerprint density at radius 1 is 0.706 bits per heavy atom. The fraction of sp³-hybridized carbons (Fsp3) is 0.250. The smallest absolute Gasteiger partial charge is 0.0402 e. The quantitative estimate of drug-likeness (QED) is 0.853. The van der Waals surface area contributed by atoms with Gasteiger partial charge in [-0.25, -0.2) is 0 Å². The number of aliphatic hydroxyl groups is 1. The fourth-order valence-corrected chi connectivity index (χ4v) is 1.58. The minimum Gasteiger partial charge on any atom is -0.397 e. The molecular weight excluding hydrogens is 208 g/mol. The van der Waals surface area contributed by atoms with Gasteiger partial charge in [-0.3, -0.25) is 0 Å². The zero-order chi connectivity index (χ0) is 12.3. The molecule has 0 atom stereocenters. The van der Waals surface area contributed by atoms with Gasteiger partial charge in [0.15, 0.2) is 0 Å². The highest BCUT2D eigenvalue weighted by molar-refractivity contribution is 5.19. The highest BCUT2D eigenvalue weighted by Gasteiger charge is 1.93. The molecule has 0 unspecified atom stereocenters. The Hall–Kier alpha value is -1.60. The highest BCUT2D eigenvalue weighted by Crippen LogP contribution is 2.06. The van der Waals surface area contributed by atoms with Crippen molar-refractivity contribution in [3.05, 3.63) is 71.8 Å². The van der Waals surface area contributed by atoms with Crippen molar-refractivity contribution >= 4 is 0 Å². The van der Waals surface area contributed by atoms with Crippen LogP contribution in [0.2, 0.25) is 0 Å². The second-order valence-corrected chi connectivity index (χ2v) is 3.79. The SMILES string of the molecule is CCO.c1ccc(CCc2ccccc2)cc1. The lowest BCUT2D eigenvalue weighted by atomic mass is 10.0. The molecule has 17 heavy (non-hydrogen) atoms. The summed E-state index contributed by atoms with van der Waals surface area (Å²) in [6.07, 6.45) is 2.26. The molecule has 0 saturated carbocycles. The van der Waals surface area contributed by atoms with Crippen molar-refractivity contribution < 1.29 is 5.11 Å². The van der Waals surface area contributed by atoms with Crippen LogP contribution in [0.25, 0.3) is 0 Å². The average molecular weight is 228 g/mol. The zero-order valence-corrected chi connectivity index (χ0v) is 10.3. The van der Waals surface area contributed by atoms with Crippen LogP contribution in [0.5, 0.6) is 0 Å². The van der Waals surface area contributed by atoms with Crippen LogP contribution in [0.1, 0.15) is 18.1 Å². The van der Waals surface area contributed by atoms with Gasteiger partial charge in [-0.2, -0.15) is 0 Å². The Bertz CT molecular complexity index is 341. The summed E-state index contributed by atoms with van der Waals surface area (Å²) < 4.78 is 0. The maximum absolute atomic E-state index is 7.57. The summed E-state index contributed by atoms with van der Waals surface area (Å²) in [6, 6.07) is 21.2. The second-order valence-electron chi connectivity index (χ2n) is 3.79. The van der Waals surface area contributed by atoms with Crippen molar-refractivity contribution in [2.24, 2.45) is 0 Å². The summed E-state index contributed by atoms with van der Waals surface area (Å²) in [5.74, 6) is 0. The van der Waals surface area contributed by atoms with Crippen LogP contribution in [-0.4, -0.2) is 11.7 Å². The molecule has 0 fully saturated rings. The number of hydrogen-bond donors (Lipinski definition) is 1. The van der Waals surface area contributed by atoms with E-state index >= 15 is 0 Å². The molecule has 0 aliphatic carbocycles. The van der Waals surface area contributed by atoms with Gasteiger partial charge in [-0.15, -0.1) is 0 Å². The van der Waals surface area contributed by atoms with Gasteiger partial charge in [0, 0.05) is 6.61 Å². The standard InChI is InChI=1S/C14H14.C2H6O/c1-3-7-13(8-4-1)11-12-14-9-5-2-6-10-14;1-2-3/h1-10H,11-12H2;3H,2H2,1H3. The van der Waals surface area contributed by atoms with Crippen molar-refractivity contribution in [3.8, 4) is 0 Å². The Kier molecular flexibility index (Phi) is 6.76. The minimum absolute atomic E-state index is 0.250. The van der Waals surface area contributed by atoms with Crippen LogP contribution in [0, 0.1) is 0 Å². The maximum Gasteiger partial charge on any atom is 0.0402 e. The van der Waals surface area contributed by atoms with E-state index in [4.69, 9.17) is 5.11 Å². The van der Waals surface area contributed by atoms with Crippen LogP contribution >= 0.6 is 0 Å². The molecule has 2 rings (SSSR count). The number of aliphatic hydroxyl groups excluding tert-OH is 1. The number of rotatable bonds is 3. The van der Waals surface area contributed by atoms with E-state index in [2.05, 4.69) is 60.7 Å². The monoisotopic (exact) mass is 228 g/mol. The molecule has 0 spiro atoms. The predicted molar refractivity (Wildman–Crippen MR) is 73.1 cm³/mol. The number of benzene rings is 2. The van der Waals surface area contributed by atoms with E-state index < -0.39 is 0 Å². The van der Waals surface area contributed by atoms with E-state index in [0.717, 1.165) is 12.8 Å².